The SMILES string of the molecule is [C-]#[N+]C1=NN(C2CCCC(C(=O)O)C2)C(=O)C1=Cc1ccc(-c2ccsc2C(=O)OC)o1. The van der Waals surface area contributed by atoms with Gasteiger partial charge in [0.25, 0.3) is 5.91 Å². The normalized spacial score (nSPS) is 22.0. The molecular weight excluding hydrogens is 434 g/mol. The Bertz CT molecular complexity index is 1180. The third kappa shape index (κ3) is 3.94. The van der Waals surface area contributed by atoms with Crippen molar-refractivity contribution in [2.75, 3.05) is 7.11 Å². The molecule has 1 saturated carbocycles. The first-order chi connectivity index (χ1) is 15.4. The Morgan fingerprint density at radius 3 is 2.91 bits per heavy atom. The summed E-state index contributed by atoms with van der Waals surface area (Å²) in [4.78, 5) is 40.1. The van der Waals surface area contributed by atoms with E-state index in [1.807, 2.05) is 0 Å². The van der Waals surface area contributed by atoms with Crippen LogP contribution in [-0.4, -0.2) is 46.9 Å². The minimum atomic E-state index is -0.880. The highest BCUT2D eigenvalue weighted by molar-refractivity contribution is 7.12. The number of hydrazone groups is 1. The maximum absolute atomic E-state index is 13.0. The highest BCUT2D eigenvalue weighted by atomic mass is 32.1. The summed E-state index contributed by atoms with van der Waals surface area (Å²) in [6.07, 6.45) is 3.64. The van der Waals surface area contributed by atoms with Gasteiger partial charge >= 0.3 is 17.8 Å². The van der Waals surface area contributed by atoms with Gasteiger partial charge in [-0.2, -0.15) is 0 Å². The van der Waals surface area contributed by atoms with E-state index in [9.17, 15) is 19.5 Å². The third-order valence-electron chi connectivity index (χ3n) is 5.54. The summed E-state index contributed by atoms with van der Waals surface area (Å²) in [5.41, 5.74) is 0.670. The molecule has 2 aromatic heterocycles. The molecule has 2 atom stereocenters. The number of amidine groups is 1. The summed E-state index contributed by atoms with van der Waals surface area (Å²) in [5.74, 6) is -1.62. The number of nitrogens with zero attached hydrogens (tertiary/aromatic N) is 3. The maximum atomic E-state index is 13.0. The van der Waals surface area contributed by atoms with Gasteiger partial charge in [-0.05, 0) is 54.0 Å². The van der Waals surface area contributed by atoms with Gasteiger partial charge in [-0.25, -0.2) is 4.79 Å². The third-order valence-corrected chi connectivity index (χ3v) is 6.44. The lowest BCUT2D eigenvalue weighted by atomic mass is 9.85. The Balaban J connectivity index is 1.59. The molecule has 0 aromatic carbocycles. The fourth-order valence-electron chi connectivity index (χ4n) is 3.96. The summed E-state index contributed by atoms with van der Waals surface area (Å²) in [7, 11) is 1.30. The molecule has 4 rings (SSSR count). The van der Waals surface area contributed by atoms with Gasteiger partial charge in [-0.15, -0.1) is 16.3 Å². The molecule has 3 heterocycles. The fraction of sp³-hybridized carbons (Fsp3) is 0.318. The summed E-state index contributed by atoms with van der Waals surface area (Å²) >= 11 is 1.23. The average molecular weight is 453 g/mol. The average Bonchev–Trinajstić information content (AvgIpc) is 3.53. The molecule has 0 radical (unpaired) electrons. The number of hydrogen-bond acceptors (Lipinski definition) is 7. The lowest BCUT2D eigenvalue weighted by Gasteiger charge is -2.28. The predicted molar refractivity (Wildman–Crippen MR) is 116 cm³/mol. The maximum Gasteiger partial charge on any atom is 0.348 e. The number of amides is 1. The van der Waals surface area contributed by atoms with Crippen molar-refractivity contribution in [2.24, 2.45) is 11.0 Å². The van der Waals surface area contributed by atoms with Crippen LogP contribution in [-0.2, 0) is 14.3 Å². The number of aliphatic carboxylic acids is 1. The first kappa shape index (κ1) is 21.5. The molecule has 2 unspecified atom stereocenters. The smallest absolute Gasteiger partial charge is 0.348 e. The molecule has 1 N–H and O–H groups in total. The number of esters is 1. The van der Waals surface area contributed by atoms with Crippen LogP contribution in [0.5, 0.6) is 0 Å². The minimum absolute atomic E-state index is 0.0591. The van der Waals surface area contributed by atoms with Crippen molar-refractivity contribution in [3.63, 3.8) is 0 Å². The zero-order chi connectivity index (χ0) is 22.8. The van der Waals surface area contributed by atoms with Gasteiger partial charge in [-0.3, -0.25) is 9.59 Å². The van der Waals surface area contributed by atoms with Crippen LogP contribution >= 0.6 is 11.3 Å². The largest absolute Gasteiger partial charge is 0.481 e. The van der Waals surface area contributed by atoms with Gasteiger partial charge in [0.15, 0.2) is 0 Å². The van der Waals surface area contributed by atoms with Crippen LogP contribution in [0, 0.1) is 12.5 Å². The highest BCUT2D eigenvalue weighted by Gasteiger charge is 2.41. The van der Waals surface area contributed by atoms with Gasteiger partial charge < -0.3 is 19.1 Å². The summed E-state index contributed by atoms with van der Waals surface area (Å²) in [6, 6.07) is 4.69. The summed E-state index contributed by atoms with van der Waals surface area (Å²) < 4.78 is 10.6. The number of methoxy groups -OCH3 is 1. The van der Waals surface area contributed by atoms with E-state index in [1.54, 1.807) is 23.6 Å². The molecular formula is C22H19N3O6S. The molecule has 9 nitrogen and oxygen atoms in total. The van der Waals surface area contributed by atoms with E-state index < -0.39 is 23.8 Å². The predicted octanol–water partition coefficient (Wildman–Crippen LogP) is 3.90. The van der Waals surface area contributed by atoms with Crippen molar-refractivity contribution in [2.45, 2.75) is 31.7 Å². The highest BCUT2D eigenvalue weighted by Crippen LogP contribution is 2.34. The molecule has 32 heavy (non-hydrogen) atoms. The van der Waals surface area contributed by atoms with Crippen LogP contribution in [0.3, 0.4) is 0 Å². The van der Waals surface area contributed by atoms with E-state index in [-0.39, 0.29) is 17.5 Å². The fourth-order valence-corrected chi connectivity index (χ4v) is 4.77. The molecule has 0 saturated heterocycles. The Morgan fingerprint density at radius 2 is 2.19 bits per heavy atom. The van der Waals surface area contributed by atoms with E-state index in [0.717, 1.165) is 0 Å². The molecule has 2 aromatic rings. The van der Waals surface area contributed by atoms with E-state index >= 15 is 0 Å². The Labute approximate surface area is 187 Å². The van der Waals surface area contributed by atoms with Gasteiger partial charge in [0, 0.05) is 5.56 Å². The second kappa shape index (κ2) is 8.80. The number of hydrogen-bond donors (Lipinski definition) is 1. The first-order valence-corrected chi connectivity index (χ1v) is 10.8. The number of carbonyl (C=O) groups is 3. The molecule has 2 aliphatic rings. The zero-order valence-corrected chi connectivity index (χ0v) is 17.9. The first-order valence-electron chi connectivity index (χ1n) is 9.93. The Morgan fingerprint density at radius 1 is 1.38 bits per heavy atom. The van der Waals surface area contributed by atoms with Gasteiger partial charge in [0.1, 0.15) is 16.4 Å². The molecule has 1 fully saturated rings. The topological polar surface area (TPSA) is 114 Å². The number of carboxylic acid groups (broad SMARTS) is 1. The second-order valence-electron chi connectivity index (χ2n) is 7.46. The second-order valence-corrected chi connectivity index (χ2v) is 8.37. The number of rotatable bonds is 5. The van der Waals surface area contributed by atoms with Crippen molar-refractivity contribution in [1.82, 2.24) is 5.01 Å². The number of furan rings is 1. The number of carbonyl (C=O) groups excluding carboxylic acids is 2. The molecule has 10 heteroatoms. The molecule has 0 spiro atoms. The number of thiophene rings is 1. The Hall–Kier alpha value is -3.71. The van der Waals surface area contributed by atoms with E-state index in [2.05, 4.69) is 9.95 Å². The van der Waals surface area contributed by atoms with Gasteiger partial charge in [0.2, 0.25) is 0 Å². The van der Waals surface area contributed by atoms with Gasteiger partial charge in [0.05, 0.1) is 24.6 Å². The van der Waals surface area contributed by atoms with Crippen molar-refractivity contribution < 1.29 is 28.6 Å². The molecule has 1 amide bonds. The van der Waals surface area contributed by atoms with E-state index in [4.69, 9.17) is 15.7 Å². The van der Waals surface area contributed by atoms with Crippen LogP contribution in [0.15, 0.2) is 38.7 Å². The van der Waals surface area contributed by atoms with Crippen LogP contribution in [0.25, 0.3) is 22.2 Å². The number of ether oxygens (including phenoxy) is 1. The zero-order valence-electron chi connectivity index (χ0n) is 17.1. The van der Waals surface area contributed by atoms with Crippen LogP contribution < -0.4 is 0 Å². The monoisotopic (exact) mass is 453 g/mol. The molecule has 164 valence electrons. The number of carboxylic acids is 1. The summed E-state index contributed by atoms with van der Waals surface area (Å²) in [5, 5.41) is 16.5. The van der Waals surface area contributed by atoms with Crippen molar-refractivity contribution in [1.29, 1.82) is 0 Å². The van der Waals surface area contributed by atoms with E-state index in [0.29, 0.717) is 47.6 Å². The lowest BCUT2D eigenvalue weighted by Crippen LogP contribution is -2.39. The van der Waals surface area contributed by atoms with Crippen molar-refractivity contribution in [3.8, 4) is 11.3 Å². The lowest BCUT2D eigenvalue weighted by molar-refractivity contribution is -0.144. The molecule has 1 aliphatic carbocycles. The molecule has 1 aliphatic heterocycles. The van der Waals surface area contributed by atoms with Crippen LogP contribution in [0.1, 0.15) is 41.1 Å². The standard InChI is InChI=1S/C22H19N3O6S/c1-23-19-16(20(26)25(24-19)13-5-3-4-12(10-13)21(27)28)11-14-6-7-17(31-14)15-8-9-32-18(15)22(29)30-2/h6-9,11-13H,3-5,10H2,2H3,(H,27,28). The quantitative estimate of drug-likeness (QED) is 0.417. The molecule has 0 bridgehead atoms. The Kier molecular flexibility index (Phi) is 5.92. The summed E-state index contributed by atoms with van der Waals surface area (Å²) in [6.45, 7) is 7.41. The van der Waals surface area contributed by atoms with Crippen LogP contribution in [0.4, 0.5) is 0 Å². The van der Waals surface area contributed by atoms with Gasteiger partial charge in [-0.1, -0.05) is 13.0 Å². The minimum Gasteiger partial charge on any atom is -0.481 e. The van der Waals surface area contributed by atoms with Crippen molar-refractivity contribution >= 4 is 41.1 Å². The van der Waals surface area contributed by atoms with E-state index in [1.165, 1.54) is 29.5 Å². The van der Waals surface area contributed by atoms with Crippen LogP contribution in [0.2, 0.25) is 0 Å². The van der Waals surface area contributed by atoms with Crippen molar-refractivity contribution in [3.05, 3.63) is 51.2 Å².